The quantitative estimate of drug-likeness (QED) is 0.0444. The highest BCUT2D eigenvalue weighted by atomic mass is 32.2. The molecule has 40 heavy (non-hydrogen) atoms. The van der Waals surface area contributed by atoms with E-state index < -0.39 is 47.5 Å². The molecule has 8 N–H and O–H groups in total. The third kappa shape index (κ3) is 5.89. The number of carbonyl (C=O) groups excluding carboxylic acids is 3. The van der Waals surface area contributed by atoms with Crippen molar-refractivity contribution in [2.75, 3.05) is 35.3 Å². The average molecular weight is 610 g/mol. The number of thiazole rings is 1. The summed E-state index contributed by atoms with van der Waals surface area (Å²) in [4.78, 5) is 62.9. The van der Waals surface area contributed by atoms with Crippen LogP contribution in [0.5, 0.6) is 0 Å². The van der Waals surface area contributed by atoms with E-state index in [4.69, 9.17) is 27.1 Å². The lowest BCUT2D eigenvalue weighted by molar-refractivity contribution is -0.719. The molecule has 19 heteroatoms. The molecule has 0 bridgehead atoms. The monoisotopic (exact) mass is 609 g/mol. The van der Waals surface area contributed by atoms with Crippen LogP contribution in [-0.2, 0) is 30.6 Å². The van der Waals surface area contributed by atoms with Crippen molar-refractivity contribution in [1.82, 2.24) is 20.2 Å². The highest BCUT2D eigenvalue weighted by Gasteiger charge is 2.53. The minimum absolute atomic E-state index is 0.0139. The van der Waals surface area contributed by atoms with Crippen LogP contribution in [0.2, 0.25) is 0 Å². The maximum absolute atomic E-state index is 13.1. The largest absolute Gasteiger partial charge is 0.543 e. The molecule has 2 aliphatic heterocycles. The van der Waals surface area contributed by atoms with Gasteiger partial charge in [0.2, 0.25) is 18.2 Å². The van der Waals surface area contributed by atoms with E-state index in [1.807, 2.05) is 6.92 Å². The van der Waals surface area contributed by atoms with Crippen LogP contribution >= 0.6 is 34.9 Å². The minimum Gasteiger partial charge on any atom is -0.543 e. The molecule has 1 saturated heterocycles. The Bertz CT molecular complexity index is 1440. The fraction of sp³-hybridized carbons (Fsp3) is 0.333. The number of β-lactam (4-membered cyclic amide) rings is 1. The molecule has 2 aromatic heterocycles. The number of nitrogens with zero attached hydrogens (tertiary/aromatic N) is 5. The topological polar surface area (TPSA) is 256 Å². The van der Waals surface area contributed by atoms with Crippen molar-refractivity contribution in [3.8, 4) is 0 Å². The van der Waals surface area contributed by atoms with Gasteiger partial charge in [-0.1, -0.05) is 10.1 Å². The first-order valence-electron chi connectivity index (χ1n) is 11.4. The Morgan fingerprint density at radius 3 is 2.73 bits per heavy atom. The highest BCUT2D eigenvalue weighted by molar-refractivity contribution is 8.01. The number of nitrogens with two attached hydrogens (primary N) is 3. The predicted octanol–water partition coefficient (Wildman–Crippen LogP) is -2.41. The van der Waals surface area contributed by atoms with Crippen molar-refractivity contribution in [2.24, 2.45) is 5.16 Å². The number of rotatable bonds is 11. The second-order valence-electron chi connectivity index (χ2n) is 8.20. The number of carboxylic acids is 2. The Labute approximate surface area is 238 Å². The minimum atomic E-state index is -1.54. The standard InChI is InChI=1S/C21H23N9O7S3/c1-2-29-11(23)3-10(22)26-21(29)40-6-8-5-38-18-14(17(34)30(18)15(8)19(35)36)27-16(33)13(28-37-4-12(31)32)9-7-39-20(24)25-9/h3,7,14,18H,2,4-6H2,1H3,(H8,22,23,24,25,27,31,32,33,35,36)/b28-13-. The zero-order valence-corrected chi connectivity index (χ0v) is 23.2. The van der Waals surface area contributed by atoms with Crippen LogP contribution in [0, 0.1) is 0 Å². The molecule has 0 radical (unpaired) electrons. The first kappa shape index (κ1) is 28.9. The van der Waals surface area contributed by atoms with Crippen LogP contribution in [0.3, 0.4) is 0 Å². The van der Waals surface area contributed by atoms with Crippen LogP contribution in [-0.4, -0.2) is 79.0 Å². The van der Waals surface area contributed by atoms with Crippen LogP contribution in [0.1, 0.15) is 12.6 Å². The zero-order chi connectivity index (χ0) is 29.1. The summed E-state index contributed by atoms with van der Waals surface area (Å²) in [6.07, 6.45) is 0. The number of hydrogen-bond donors (Lipinski definition) is 5. The summed E-state index contributed by atoms with van der Waals surface area (Å²) >= 11 is 3.48. The molecule has 0 aliphatic carbocycles. The summed E-state index contributed by atoms with van der Waals surface area (Å²) < 4.78 is 1.72. The molecule has 2 aromatic rings. The fourth-order valence-corrected chi connectivity index (χ4v) is 6.99. The maximum Gasteiger partial charge on any atom is 0.344 e. The second-order valence-corrected chi connectivity index (χ2v) is 11.1. The van der Waals surface area contributed by atoms with Gasteiger partial charge in [-0.15, -0.1) is 23.1 Å². The lowest BCUT2D eigenvalue weighted by atomic mass is 10.0. The lowest BCUT2D eigenvalue weighted by Crippen LogP contribution is -2.71. The summed E-state index contributed by atoms with van der Waals surface area (Å²) in [5, 5.41) is 28.2. The highest BCUT2D eigenvalue weighted by Crippen LogP contribution is 2.41. The van der Waals surface area contributed by atoms with Crippen molar-refractivity contribution in [2.45, 2.75) is 30.0 Å². The first-order chi connectivity index (χ1) is 19.0. The Morgan fingerprint density at radius 2 is 2.10 bits per heavy atom. The third-order valence-corrected chi connectivity index (χ3v) is 8.68. The molecule has 2 amide bonds. The van der Waals surface area contributed by atoms with Gasteiger partial charge < -0.3 is 42.4 Å². The third-order valence-electron chi connectivity index (χ3n) is 5.61. The van der Waals surface area contributed by atoms with E-state index in [1.54, 1.807) is 4.57 Å². The van der Waals surface area contributed by atoms with Crippen molar-refractivity contribution in [3.63, 3.8) is 0 Å². The molecule has 0 spiro atoms. The number of nitrogen functional groups attached to an aromatic ring is 3. The second kappa shape index (κ2) is 12.0. The average Bonchev–Trinajstić information content (AvgIpc) is 3.32. The zero-order valence-electron chi connectivity index (χ0n) is 20.7. The number of carboxylic acid groups (broad SMARTS) is 2. The van der Waals surface area contributed by atoms with Gasteiger partial charge in [-0.25, -0.2) is 14.3 Å². The molecule has 4 rings (SSSR count). The number of anilines is 3. The smallest absolute Gasteiger partial charge is 0.344 e. The lowest BCUT2D eigenvalue weighted by Gasteiger charge is -2.50. The molecule has 2 aliphatic rings. The summed E-state index contributed by atoms with van der Waals surface area (Å²) in [6.45, 7) is 1.56. The number of thioether (sulfide) groups is 2. The molecular weight excluding hydrogens is 586 g/mol. The maximum atomic E-state index is 13.1. The van der Waals surface area contributed by atoms with E-state index in [0.29, 0.717) is 23.1 Å². The van der Waals surface area contributed by atoms with Gasteiger partial charge in [0.05, 0.1) is 24.3 Å². The van der Waals surface area contributed by atoms with Gasteiger partial charge in [0.15, 0.2) is 10.8 Å². The van der Waals surface area contributed by atoms with Crippen molar-refractivity contribution >= 4 is 81.1 Å². The first-order valence-corrected chi connectivity index (χ1v) is 14.3. The van der Waals surface area contributed by atoms with Gasteiger partial charge in [0, 0.05) is 16.9 Å². The van der Waals surface area contributed by atoms with Gasteiger partial charge >= 0.3 is 11.1 Å². The van der Waals surface area contributed by atoms with Gasteiger partial charge in [-0.3, -0.25) is 14.5 Å². The van der Waals surface area contributed by atoms with Crippen LogP contribution in [0.25, 0.3) is 0 Å². The number of hydrogen-bond acceptors (Lipinski definition) is 15. The van der Waals surface area contributed by atoms with Crippen LogP contribution < -0.4 is 32.2 Å². The molecule has 2 unspecified atom stereocenters. The molecule has 0 saturated carbocycles. The number of aliphatic carboxylic acids is 2. The summed E-state index contributed by atoms with van der Waals surface area (Å²) in [7, 11) is 0. The van der Waals surface area contributed by atoms with Gasteiger partial charge in [0.25, 0.3) is 11.8 Å². The molecule has 1 fully saturated rings. The number of nitrogens with one attached hydrogen (secondary N) is 1. The van der Waals surface area contributed by atoms with E-state index in [1.165, 1.54) is 35.0 Å². The van der Waals surface area contributed by atoms with Crippen molar-refractivity contribution < 1.29 is 38.8 Å². The van der Waals surface area contributed by atoms with Crippen LogP contribution in [0.15, 0.2) is 33.0 Å². The molecule has 2 atom stereocenters. The SMILES string of the molecule is CC[n+]1c(N)cc(N)nc1SCC1=C(C(=O)[O-])N2C(=O)C(NC(=O)/C(=N\OCC(=O)O)c3csc(N)n3)C2SC1. The van der Waals surface area contributed by atoms with Crippen molar-refractivity contribution in [3.05, 3.63) is 28.4 Å². The van der Waals surface area contributed by atoms with Crippen molar-refractivity contribution in [1.29, 1.82) is 0 Å². The molecule has 4 heterocycles. The number of fused-ring (bicyclic) bond motifs is 1. The molecule has 0 aromatic carbocycles. The van der Waals surface area contributed by atoms with E-state index in [0.717, 1.165) is 16.2 Å². The molecule has 16 nitrogen and oxygen atoms in total. The predicted molar refractivity (Wildman–Crippen MR) is 143 cm³/mol. The van der Waals surface area contributed by atoms with E-state index in [2.05, 4.69) is 20.4 Å². The van der Waals surface area contributed by atoms with Gasteiger partial charge in [0.1, 0.15) is 17.1 Å². The Balaban J connectivity index is 1.51. The van der Waals surface area contributed by atoms with E-state index in [-0.39, 0.29) is 33.8 Å². The molecular formula is C21H23N9O7S3. The number of oxime groups is 1. The number of amides is 2. The van der Waals surface area contributed by atoms with E-state index >= 15 is 0 Å². The number of carbonyl (C=O) groups is 4. The Morgan fingerprint density at radius 1 is 1.35 bits per heavy atom. The summed E-state index contributed by atoms with van der Waals surface area (Å²) in [5.41, 5.74) is 17.2. The normalized spacial score (nSPS) is 18.7. The summed E-state index contributed by atoms with van der Waals surface area (Å²) in [5.74, 6) is -3.41. The molecule has 212 valence electrons. The van der Waals surface area contributed by atoms with E-state index in [9.17, 15) is 24.3 Å². The van der Waals surface area contributed by atoms with Crippen LogP contribution in [0.4, 0.5) is 16.8 Å². The Kier molecular flexibility index (Phi) is 8.64. The number of aromatic nitrogens is 3. The fourth-order valence-electron chi connectivity index (χ4n) is 3.87. The van der Waals surface area contributed by atoms with Gasteiger partial charge in [-0.2, -0.15) is 0 Å². The Hall–Kier alpha value is -4.10. The van der Waals surface area contributed by atoms with Gasteiger partial charge in [-0.05, 0) is 24.3 Å². The summed E-state index contributed by atoms with van der Waals surface area (Å²) in [6, 6.07) is 0.421.